The van der Waals surface area contributed by atoms with Crippen LogP contribution >= 0.6 is 34.8 Å². The quantitative estimate of drug-likeness (QED) is 0.680. The van der Waals surface area contributed by atoms with Crippen molar-refractivity contribution in [2.45, 2.75) is 19.9 Å². The van der Waals surface area contributed by atoms with Gasteiger partial charge in [-0.1, -0.05) is 41.7 Å². The van der Waals surface area contributed by atoms with Crippen molar-refractivity contribution in [3.8, 4) is 5.75 Å². The summed E-state index contributed by atoms with van der Waals surface area (Å²) in [6.07, 6.45) is 5.88. The van der Waals surface area contributed by atoms with Crippen LogP contribution in [0.25, 0.3) is 0 Å². The molecule has 8 heteroatoms. The lowest BCUT2D eigenvalue weighted by molar-refractivity contribution is -0.132. The maximum atomic E-state index is 12.4. The second-order valence-electron chi connectivity index (χ2n) is 5.16. The van der Waals surface area contributed by atoms with E-state index in [0.717, 1.165) is 6.42 Å². The fraction of sp³-hybridized carbons (Fsp3) is 0.375. The fourth-order valence-corrected chi connectivity index (χ4v) is 3.12. The molecule has 1 heterocycles. The number of amides is 1. The van der Waals surface area contributed by atoms with Gasteiger partial charge in [0.15, 0.2) is 5.75 Å². The van der Waals surface area contributed by atoms with Gasteiger partial charge in [-0.3, -0.25) is 4.79 Å². The van der Waals surface area contributed by atoms with Gasteiger partial charge in [-0.25, -0.2) is 4.98 Å². The highest BCUT2D eigenvalue weighted by Crippen LogP contribution is 2.35. The number of nitrogens with zero attached hydrogens (tertiary/aromatic N) is 3. The normalized spacial score (nSPS) is 10.7. The van der Waals surface area contributed by atoms with E-state index in [9.17, 15) is 4.79 Å². The van der Waals surface area contributed by atoms with Crippen molar-refractivity contribution in [3.05, 3.63) is 45.9 Å². The number of carbonyl (C=O) groups is 1. The SMILES string of the molecule is CCCN(CCOc1c(Cl)cc(Cl)cc1Cl)C(=O)Cn1ccnc1. The van der Waals surface area contributed by atoms with Crippen molar-refractivity contribution in [1.82, 2.24) is 14.5 Å². The molecular formula is C16H18Cl3N3O2. The van der Waals surface area contributed by atoms with E-state index in [0.29, 0.717) is 33.9 Å². The van der Waals surface area contributed by atoms with E-state index in [1.165, 1.54) is 0 Å². The Balaban J connectivity index is 1.93. The predicted octanol–water partition coefficient (Wildman–Crippen LogP) is 4.16. The van der Waals surface area contributed by atoms with Crippen LogP contribution in [-0.4, -0.2) is 40.1 Å². The molecule has 2 rings (SSSR count). The summed E-state index contributed by atoms with van der Waals surface area (Å²) >= 11 is 18.0. The van der Waals surface area contributed by atoms with Crippen LogP contribution in [-0.2, 0) is 11.3 Å². The molecule has 0 bridgehead atoms. The average Bonchev–Trinajstić information content (AvgIpc) is 3.01. The van der Waals surface area contributed by atoms with E-state index >= 15 is 0 Å². The van der Waals surface area contributed by atoms with E-state index in [1.54, 1.807) is 40.3 Å². The molecule has 0 unspecified atom stereocenters. The number of rotatable bonds is 8. The van der Waals surface area contributed by atoms with Gasteiger partial charge in [0.1, 0.15) is 13.2 Å². The maximum absolute atomic E-state index is 12.4. The third-order valence-corrected chi connectivity index (χ3v) is 4.07. The van der Waals surface area contributed by atoms with Crippen molar-refractivity contribution in [2.24, 2.45) is 0 Å². The van der Waals surface area contributed by atoms with Gasteiger partial charge in [0, 0.05) is 24.0 Å². The second-order valence-corrected chi connectivity index (χ2v) is 6.41. The van der Waals surface area contributed by atoms with Crippen LogP contribution < -0.4 is 4.74 Å². The lowest BCUT2D eigenvalue weighted by Gasteiger charge is -2.22. The molecule has 0 aliphatic heterocycles. The Morgan fingerprint density at radius 3 is 2.54 bits per heavy atom. The number of imidazole rings is 1. The topological polar surface area (TPSA) is 47.4 Å². The molecule has 0 saturated carbocycles. The average molecular weight is 391 g/mol. The van der Waals surface area contributed by atoms with Crippen molar-refractivity contribution in [1.29, 1.82) is 0 Å². The van der Waals surface area contributed by atoms with Crippen LogP contribution in [0.5, 0.6) is 5.75 Å². The number of benzene rings is 1. The lowest BCUT2D eigenvalue weighted by atomic mass is 10.3. The van der Waals surface area contributed by atoms with Crippen LogP contribution in [0.4, 0.5) is 0 Å². The number of carbonyl (C=O) groups excluding carboxylic acids is 1. The summed E-state index contributed by atoms with van der Waals surface area (Å²) in [5, 5.41) is 1.14. The molecule has 0 fully saturated rings. The van der Waals surface area contributed by atoms with Gasteiger partial charge in [0.2, 0.25) is 5.91 Å². The number of halogens is 3. The monoisotopic (exact) mass is 389 g/mol. The zero-order valence-electron chi connectivity index (χ0n) is 13.2. The first-order valence-corrected chi connectivity index (χ1v) is 8.65. The maximum Gasteiger partial charge on any atom is 0.242 e. The molecule has 0 saturated heterocycles. The number of hydrogen-bond donors (Lipinski definition) is 0. The fourth-order valence-electron chi connectivity index (χ4n) is 2.19. The Hall–Kier alpha value is -1.43. The molecule has 24 heavy (non-hydrogen) atoms. The van der Waals surface area contributed by atoms with Crippen LogP contribution in [0.2, 0.25) is 15.1 Å². The molecule has 0 spiro atoms. The minimum absolute atomic E-state index is 0.00625. The van der Waals surface area contributed by atoms with Gasteiger partial charge in [-0.15, -0.1) is 0 Å². The van der Waals surface area contributed by atoms with Crippen molar-refractivity contribution >= 4 is 40.7 Å². The Labute approximate surface area is 156 Å². The van der Waals surface area contributed by atoms with Crippen LogP contribution in [0.3, 0.4) is 0 Å². The highest BCUT2D eigenvalue weighted by Gasteiger charge is 2.14. The summed E-state index contributed by atoms with van der Waals surface area (Å²) < 4.78 is 7.38. The molecule has 130 valence electrons. The third-order valence-electron chi connectivity index (χ3n) is 3.29. The standard InChI is InChI=1S/C16H18Cl3N3O2/c1-2-4-22(15(23)10-21-5-3-20-11-21)6-7-24-16-13(18)8-12(17)9-14(16)19/h3,5,8-9,11H,2,4,6-7,10H2,1H3. The van der Waals surface area contributed by atoms with Crippen molar-refractivity contribution in [2.75, 3.05) is 19.7 Å². The van der Waals surface area contributed by atoms with Gasteiger partial charge in [0.25, 0.3) is 0 Å². The minimum Gasteiger partial charge on any atom is -0.489 e. The molecule has 1 amide bonds. The van der Waals surface area contributed by atoms with E-state index in [1.807, 2.05) is 6.92 Å². The Morgan fingerprint density at radius 2 is 1.96 bits per heavy atom. The first-order chi connectivity index (χ1) is 11.5. The van der Waals surface area contributed by atoms with Gasteiger partial charge in [0.05, 0.1) is 22.9 Å². The molecule has 1 aromatic carbocycles. The Kier molecular flexibility index (Phi) is 7.21. The largest absolute Gasteiger partial charge is 0.489 e. The van der Waals surface area contributed by atoms with Crippen molar-refractivity contribution < 1.29 is 9.53 Å². The minimum atomic E-state index is 0.00625. The summed E-state index contributed by atoms with van der Waals surface area (Å²) in [4.78, 5) is 18.1. The zero-order chi connectivity index (χ0) is 17.5. The Bertz CT molecular complexity index is 654. The number of aromatic nitrogens is 2. The highest BCUT2D eigenvalue weighted by atomic mass is 35.5. The summed E-state index contributed by atoms with van der Waals surface area (Å²) in [6, 6.07) is 3.14. The summed E-state index contributed by atoms with van der Waals surface area (Å²) in [6.45, 7) is 3.65. The zero-order valence-corrected chi connectivity index (χ0v) is 15.5. The number of hydrogen-bond acceptors (Lipinski definition) is 3. The van der Waals surface area contributed by atoms with E-state index in [2.05, 4.69) is 4.98 Å². The smallest absolute Gasteiger partial charge is 0.242 e. The summed E-state index contributed by atoms with van der Waals surface area (Å²) in [7, 11) is 0. The first kappa shape index (κ1) is 18.9. The van der Waals surface area contributed by atoms with E-state index in [4.69, 9.17) is 39.5 Å². The van der Waals surface area contributed by atoms with Gasteiger partial charge >= 0.3 is 0 Å². The second kappa shape index (κ2) is 9.16. The van der Waals surface area contributed by atoms with Crippen LogP contribution in [0, 0.1) is 0 Å². The molecule has 2 aromatic rings. The number of ether oxygens (including phenoxy) is 1. The molecule has 0 atom stereocenters. The lowest BCUT2D eigenvalue weighted by Crippen LogP contribution is -2.37. The van der Waals surface area contributed by atoms with Gasteiger partial charge in [-0.05, 0) is 18.6 Å². The highest BCUT2D eigenvalue weighted by molar-refractivity contribution is 6.40. The predicted molar refractivity (Wildman–Crippen MR) is 96.1 cm³/mol. The summed E-state index contributed by atoms with van der Waals surface area (Å²) in [5.41, 5.74) is 0. The van der Waals surface area contributed by atoms with E-state index in [-0.39, 0.29) is 19.1 Å². The van der Waals surface area contributed by atoms with Crippen LogP contribution in [0.15, 0.2) is 30.9 Å². The van der Waals surface area contributed by atoms with Gasteiger partial charge < -0.3 is 14.2 Å². The molecule has 5 nitrogen and oxygen atoms in total. The molecule has 0 aliphatic carbocycles. The van der Waals surface area contributed by atoms with Crippen molar-refractivity contribution in [3.63, 3.8) is 0 Å². The molecule has 0 aliphatic rings. The molecule has 0 radical (unpaired) electrons. The molecule has 0 N–H and O–H groups in total. The third kappa shape index (κ3) is 5.30. The van der Waals surface area contributed by atoms with E-state index < -0.39 is 0 Å². The summed E-state index contributed by atoms with van der Waals surface area (Å²) in [5.74, 6) is 0.382. The molecular weight excluding hydrogens is 373 g/mol. The van der Waals surface area contributed by atoms with Gasteiger partial charge in [-0.2, -0.15) is 0 Å². The first-order valence-electron chi connectivity index (χ1n) is 7.52. The molecule has 1 aromatic heterocycles. The Morgan fingerprint density at radius 1 is 1.25 bits per heavy atom. The van der Waals surface area contributed by atoms with Crippen LogP contribution in [0.1, 0.15) is 13.3 Å².